The van der Waals surface area contributed by atoms with Crippen molar-refractivity contribution in [1.82, 2.24) is 15.3 Å². The van der Waals surface area contributed by atoms with Crippen LogP contribution in [0, 0.1) is 0 Å². The Kier molecular flexibility index (Phi) is 4.80. The molecule has 142 valence electrons. The number of carbonyl (C=O) groups is 2. The number of nitrogens with zero attached hydrogens (tertiary/aromatic N) is 2. The third kappa shape index (κ3) is 3.59. The van der Waals surface area contributed by atoms with Crippen molar-refractivity contribution in [3.63, 3.8) is 0 Å². The molecule has 2 aromatic carbocycles. The van der Waals surface area contributed by atoms with Crippen molar-refractivity contribution in [2.75, 3.05) is 18.6 Å². The Labute approximate surface area is 162 Å². The Hall–Kier alpha value is -3.61. The van der Waals surface area contributed by atoms with Gasteiger partial charge in [-0.3, -0.25) is 9.59 Å². The molecule has 0 saturated heterocycles. The van der Waals surface area contributed by atoms with E-state index in [2.05, 4.69) is 15.3 Å². The number of rotatable bonds is 4. The molecule has 0 spiro atoms. The summed E-state index contributed by atoms with van der Waals surface area (Å²) >= 11 is 0. The van der Waals surface area contributed by atoms with Crippen LogP contribution in [0.5, 0.6) is 5.75 Å². The SMILES string of the molecule is CN1C(=O)[C@@H](NC(=O)c2cnc(Cc3ccccc3)[nH]2)COc2ccccc21. The first-order valence-electron chi connectivity index (χ1n) is 9.00. The maximum absolute atomic E-state index is 12.7. The molecule has 0 bridgehead atoms. The van der Waals surface area contributed by atoms with Gasteiger partial charge in [0.25, 0.3) is 11.8 Å². The standard InChI is InChI=1S/C21H20N4O3/c1-25-17-9-5-6-10-18(17)28-13-16(21(25)27)24-20(26)15-12-22-19(23-15)11-14-7-3-2-4-8-14/h2-10,12,16H,11,13H2,1H3,(H,22,23)(H,24,26)/t16-/m0/s1. The average Bonchev–Trinajstić information content (AvgIpc) is 3.15. The normalized spacial score (nSPS) is 16.1. The Morgan fingerprint density at radius 3 is 2.79 bits per heavy atom. The summed E-state index contributed by atoms with van der Waals surface area (Å²) in [4.78, 5) is 34.1. The molecule has 3 aromatic rings. The molecule has 2 amide bonds. The molecule has 1 aromatic heterocycles. The first-order valence-corrected chi connectivity index (χ1v) is 9.00. The molecular weight excluding hydrogens is 356 g/mol. The van der Waals surface area contributed by atoms with Gasteiger partial charge in [-0.2, -0.15) is 0 Å². The van der Waals surface area contributed by atoms with E-state index in [-0.39, 0.29) is 12.5 Å². The van der Waals surface area contributed by atoms with Gasteiger partial charge in [-0.25, -0.2) is 4.98 Å². The van der Waals surface area contributed by atoms with E-state index in [0.29, 0.717) is 29.4 Å². The van der Waals surface area contributed by atoms with Crippen molar-refractivity contribution in [3.05, 3.63) is 77.9 Å². The zero-order valence-corrected chi connectivity index (χ0v) is 15.4. The van der Waals surface area contributed by atoms with Crippen molar-refractivity contribution < 1.29 is 14.3 Å². The summed E-state index contributed by atoms with van der Waals surface area (Å²) in [6, 6.07) is 16.4. The van der Waals surface area contributed by atoms with E-state index < -0.39 is 11.9 Å². The molecule has 1 atom stereocenters. The number of benzene rings is 2. The largest absolute Gasteiger partial charge is 0.489 e. The zero-order valence-electron chi connectivity index (χ0n) is 15.4. The number of H-pyrrole nitrogens is 1. The highest BCUT2D eigenvalue weighted by molar-refractivity contribution is 6.02. The van der Waals surface area contributed by atoms with Crippen LogP contribution in [0.2, 0.25) is 0 Å². The minimum Gasteiger partial charge on any atom is -0.489 e. The van der Waals surface area contributed by atoms with Gasteiger partial charge in [-0.05, 0) is 17.7 Å². The number of carbonyl (C=O) groups excluding carboxylic acids is 2. The van der Waals surface area contributed by atoms with Gasteiger partial charge in [-0.15, -0.1) is 0 Å². The fourth-order valence-corrected chi connectivity index (χ4v) is 3.15. The van der Waals surface area contributed by atoms with E-state index in [4.69, 9.17) is 4.74 Å². The van der Waals surface area contributed by atoms with Crippen molar-refractivity contribution in [2.45, 2.75) is 12.5 Å². The number of aromatic nitrogens is 2. The van der Waals surface area contributed by atoms with E-state index in [9.17, 15) is 9.59 Å². The Balaban J connectivity index is 1.45. The van der Waals surface area contributed by atoms with E-state index in [1.165, 1.54) is 11.1 Å². The number of para-hydroxylation sites is 2. The summed E-state index contributed by atoms with van der Waals surface area (Å²) in [5, 5.41) is 2.74. The molecule has 2 N–H and O–H groups in total. The Morgan fingerprint density at radius 1 is 1.21 bits per heavy atom. The molecule has 0 radical (unpaired) electrons. The average molecular weight is 376 g/mol. The van der Waals surface area contributed by atoms with Crippen LogP contribution in [0.25, 0.3) is 0 Å². The predicted molar refractivity (Wildman–Crippen MR) is 104 cm³/mol. The zero-order chi connectivity index (χ0) is 19.5. The number of aromatic amines is 1. The number of hydrogen-bond acceptors (Lipinski definition) is 4. The number of nitrogens with one attached hydrogen (secondary N) is 2. The first kappa shape index (κ1) is 17.8. The molecular formula is C21H20N4O3. The van der Waals surface area contributed by atoms with Crippen LogP contribution in [0.4, 0.5) is 5.69 Å². The minimum absolute atomic E-state index is 0.0664. The van der Waals surface area contributed by atoms with Gasteiger partial charge in [0.2, 0.25) is 0 Å². The van der Waals surface area contributed by atoms with Crippen molar-refractivity contribution in [1.29, 1.82) is 0 Å². The lowest BCUT2D eigenvalue weighted by atomic mass is 10.1. The maximum atomic E-state index is 12.7. The van der Waals surface area contributed by atoms with Gasteiger partial charge in [0.05, 0.1) is 11.9 Å². The molecule has 0 saturated carbocycles. The summed E-state index contributed by atoms with van der Waals surface area (Å²) in [6.45, 7) is 0.0664. The highest BCUT2D eigenvalue weighted by atomic mass is 16.5. The van der Waals surface area contributed by atoms with Crippen molar-refractivity contribution in [3.8, 4) is 5.75 Å². The van der Waals surface area contributed by atoms with E-state index in [1.54, 1.807) is 13.1 Å². The lowest BCUT2D eigenvalue weighted by Crippen LogP contribution is -2.49. The van der Waals surface area contributed by atoms with E-state index in [1.807, 2.05) is 48.5 Å². The molecule has 0 unspecified atom stereocenters. The maximum Gasteiger partial charge on any atom is 0.270 e. The number of ether oxygens (including phenoxy) is 1. The Bertz CT molecular complexity index is 1000. The molecule has 1 aliphatic rings. The predicted octanol–water partition coefficient (Wildman–Crippen LogP) is 2.15. The summed E-state index contributed by atoms with van der Waals surface area (Å²) in [5.41, 5.74) is 2.08. The lowest BCUT2D eigenvalue weighted by Gasteiger charge is -2.20. The summed E-state index contributed by atoms with van der Waals surface area (Å²) < 4.78 is 5.72. The quantitative estimate of drug-likeness (QED) is 0.730. The van der Waals surface area contributed by atoms with Crippen LogP contribution < -0.4 is 15.0 Å². The molecule has 28 heavy (non-hydrogen) atoms. The molecule has 1 aliphatic heterocycles. The number of likely N-dealkylation sites (N-methyl/N-ethyl adjacent to an activating group) is 1. The summed E-state index contributed by atoms with van der Waals surface area (Å²) in [7, 11) is 1.67. The van der Waals surface area contributed by atoms with Crippen LogP contribution in [-0.2, 0) is 11.2 Å². The van der Waals surface area contributed by atoms with Gasteiger partial charge in [0.15, 0.2) is 0 Å². The molecule has 7 heteroatoms. The van der Waals surface area contributed by atoms with Crippen LogP contribution in [0.3, 0.4) is 0 Å². The lowest BCUT2D eigenvalue weighted by molar-refractivity contribution is -0.120. The minimum atomic E-state index is -0.786. The number of imidazole rings is 1. The van der Waals surface area contributed by atoms with Crippen LogP contribution >= 0.6 is 0 Å². The van der Waals surface area contributed by atoms with Gasteiger partial charge in [0, 0.05) is 13.5 Å². The van der Waals surface area contributed by atoms with Gasteiger partial charge in [0.1, 0.15) is 29.9 Å². The number of amides is 2. The fourth-order valence-electron chi connectivity index (χ4n) is 3.15. The fraction of sp³-hybridized carbons (Fsp3) is 0.190. The van der Waals surface area contributed by atoms with E-state index >= 15 is 0 Å². The second-order valence-electron chi connectivity index (χ2n) is 6.61. The number of fused-ring (bicyclic) bond motifs is 1. The van der Waals surface area contributed by atoms with Crippen LogP contribution in [0.15, 0.2) is 60.8 Å². The van der Waals surface area contributed by atoms with Crippen LogP contribution in [0.1, 0.15) is 21.9 Å². The van der Waals surface area contributed by atoms with Gasteiger partial charge in [-0.1, -0.05) is 42.5 Å². The third-order valence-corrected chi connectivity index (χ3v) is 4.65. The smallest absolute Gasteiger partial charge is 0.270 e. The summed E-state index contributed by atoms with van der Waals surface area (Å²) in [6.07, 6.45) is 2.08. The van der Waals surface area contributed by atoms with E-state index in [0.717, 1.165) is 5.56 Å². The summed E-state index contributed by atoms with van der Waals surface area (Å²) in [5.74, 6) is 0.668. The van der Waals surface area contributed by atoms with Crippen LogP contribution in [-0.4, -0.2) is 41.5 Å². The molecule has 7 nitrogen and oxygen atoms in total. The van der Waals surface area contributed by atoms with Crippen molar-refractivity contribution in [2.24, 2.45) is 0 Å². The molecule has 0 aliphatic carbocycles. The number of anilines is 1. The highest BCUT2D eigenvalue weighted by Crippen LogP contribution is 2.29. The second kappa shape index (κ2) is 7.56. The molecule has 2 heterocycles. The highest BCUT2D eigenvalue weighted by Gasteiger charge is 2.30. The molecule has 4 rings (SSSR count). The first-order chi connectivity index (χ1) is 13.6. The Morgan fingerprint density at radius 2 is 1.96 bits per heavy atom. The van der Waals surface area contributed by atoms with Crippen molar-refractivity contribution >= 4 is 17.5 Å². The topological polar surface area (TPSA) is 87.3 Å². The third-order valence-electron chi connectivity index (χ3n) is 4.65. The second-order valence-corrected chi connectivity index (χ2v) is 6.61. The number of hydrogen-bond donors (Lipinski definition) is 2. The van der Waals surface area contributed by atoms with Gasteiger partial charge < -0.3 is 19.9 Å². The monoisotopic (exact) mass is 376 g/mol. The van der Waals surface area contributed by atoms with Gasteiger partial charge >= 0.3 is 0 Å². The molecule has 0 fully saturated rings.